The number of amides is 2. The summed E-state index contributed by atoms with van der Waals surface area (Å²) in [6.07, 6.45) is 14.2. The molecule has 5 fully saturated rings. The van der Waals surface area contributed by atoms with Crippen molar-refractivity contribution in [3.8, 4) is 5.75 Å². The van der Waals surface area contributed by atoms with Crippen LogP contribution in [0.2, 0.25) is 0 Å². The Morgan fingerprint density at radius 2 is 1.52 bits per heavy atom. The third-order valence-corrected chi connectivity index (χ3v) is 9.26. The van der Waals surface area contributed by atoms with E-state index >= 15 is 0 Å². The summed E-state index contributed by atoms with van der Waals surface area (Å²) in [6, 6.07) is 8.36. The van der Waals surface area contributed by atoms with Crippen LogP contribution in [0.3, 0.4) is 0 Å². The van der Waals surface area contributed by atoms with Crippen molar-refractivity contribution in [1.82, 2.24) is 10.6 Å². The third kappa shape index (κ3) is 4.79. The van der Waals surface area contributed by atoms with Gasteiger partial charge in [0.25, 0.3) is 5.91 Å². The monoisotopic (exact) mass is 450 g/mol. The van der Waals surface area contributed by atoms with Crippen LogP contribution in [0.1, 0.15) is 87.4 Å². The standard InChI is InChI=1S/C28H38N2O3/c31-27(19-2-3-19)29-22-6-10-24(11-7-22)33-23-8-4-20(5-9-23)28(32)30-26-12-1-17-13-18-15-21(14-17)25(26)16-18/h4-5,8-9,17-19,21-22,24-26H,1-3,6-7,10-16H2,(H,29,31)(H,30,32). The van der Waals surface area contributed by atoms with Gasteiger partial charge >= 0.3 is 0 Å². The number of ether oxygens (including phenoxy) is 1. The Bertz CT molecular complexity index is 872. The highest BCUT2D eigenvalue weighted by Crippen LogP contribution is 2.53. The first-order chi connectivity index (χ1) is 16.1. The molecule has 5 aliphatic rings. The van der Waals surface area contributed by atoms with Crippen LogP contribution in [0.5, 0.6) is 5.75 Å². The fraction of sp³-hybridized carbons (Fsp3) is 0.714. The maximum Gasteiger partial charge on any atom is 0.251 e. The number of hydrogen-bond donors (Lipinski definition) is 2. The van der Waals surface area contributed by atoms with Gasteiger partial charge in [0.15, 0.2) is 0 Å². The topological polar surface area (TPSA) is 67.4 Å². The van der Waals surface area contributed by atoms with Crippen molar-refractivity contribution in [2.45, 2.75) is 95.2 Å². The molecule has 2 amide bonds. The molecule has 5 atom stereocenters. The molecule has 0 heterocycles. The lowest BCUT2D eigenvalue weighted by Crippen LogP contribution is -2.41. The normalized spacial score (nSPS) is 37.3. The second kappa shape index (κ2) is 8.96. The molecule has 5 unspecified atom stereocenters. The summed E-state index contributed by atoms with van der Waals surface area (Å²) in [5.74, 6) is 4.79. The lowest BCUT2D eigenvalue weighted by Gasteiger charge is -2.29. The lowest BCUT2D eigenvalue weighted by atomic mass is 9.80. The molecule has 1 aromatic carbocycles. The molecule has 2 N–H and O–H groups in total. The Kier molecular flexibility index (Phi) is 5.83. The maximum atomic E-state index is 13.0. The zero-order valence-corrected chi connectivity index (χ0v) is 19.6. The number of nitrogens with one attached hydrogen (secondary N) is 2. The summed E-state index contributed by atoms with van der Waals surface area (Å²) >= 11 is 0. The van der Waals surface area contributed by atoms with Gasteiger partial charge in [-0.2, -0.15) is 0 Å². The van der Waals surface area contributed by atoms with Crippen LogP contribution in [-0.4, -0.2) is 30.0 Å². The number of hydrogen-bond acceptors (Lipinski definition) is 3. The first kappa shape index (κ1) is 21.5. The van der Waals surface area contributed by atoms with Crippen LogP contribution in [0, 0.1) is 29.6 Å². The van der Waals surface area contributed by atoms with Crippen molar-refractivity contribution in [2.24, 2.45) is 29.6 Å². The molecule has 5 saturated carbocycles. The Balaban J connectivity index is 0.990. The number of rotatable bonds is 6. The second-order valence-corrected chi connectivity index (χ2v) is 11.7. The highest BCUT2D eigenvalue weighted by molar-refractivity contribution is 5.94. The lowest BCUT2D eigenvalue weighted by molar-refractivity contribution is -0.123. The highest BCUT2D eigenvalue weighted by Gasteiger charge is 2.46. The van der Waals surface area contributed by atoms with Crippen molar-refractivity contribution in [2.75, 3.05) is 0 Å². The van der Waals surface area contributed by atoms with E-state index in [4.69, 9.17) is 4.74 Å². The number of carbonyl (C=O) groups excluding carboxylic acids is 2. The van der Waals surface area contributed by atoms with E-state index in [9.17, 15) is 9.59 Å². The van der Waals surface area contributed by atoms with E-state index in [1.807, 2.05) is 24.3 Å². The third-order valence-electron chi connectivity index (χ3n) is 9.26. The van der Waals surface area contributed by atoms with Crippen molar-refractivity contribution in [1.29, 1.82) is 0 Å². The summed E-state index contributed by atoms with van der Waals surface area (Å²) in [5, 5.41) is 6.61. The van der Waals surface area contributed by atoms with E-state index < -0.39 is 0 Å². The Morgan fingerprint density at radius 3 is 2.27 bits per heavy atom. The first-order valence-electron chi connectivity index (χ1n) is 13.5. The summed E-state index contributed by atoms with van der Waals surface area (Å²) < 4.78 is 6.20. The molecule has 5 nitrogen and oxygen atoms in total. The molecule has 6 rings (SSSR count). The molecule has 178 valence electrons. The molecule has 5 aliphatic carbocycles. The van der Waals surface area contributed by atoms with E-state index in [0.29, 0.717) is 18.0 Å². The minimum Gasteiger partial charge on any atom is -0.490 e. The predicted octanol–water partition coefficient (Wildman–Crippen LogP) is 4.85. The van der Waals surface area contributed by atoms with Crippen LogP contribution in [0.25, 0.3) is 0 Å². The fourth-order valence-electron chi connectivity index (χ4n) is 7.39. The van der Waals surface area contributed by atoms with E-state index in [1.165, 1.54) is 32.1 Å². The largest absolute Gasteiger partial charge is 0.490 e. The summed E-state index contributed by atoms with van der Waals surface area (Å²) in [6.45, 7) is 0. The molecule has 0 aliphatic heterocycles. The van der Waals surface area contributed by atoms with Gasteiger partial charge in [0.1, 0.15) is 5.75 Å². The maximum absolute atomic E-state index is 13.0. The van der Waals surface area contributed by atoms with Crippen molar-refractivity contribution >= 4 is 11.8 Å². The van der Waals surface area contributed by atoms with E-state index in [0.717, 1.165) is 74.0 Å². The Labute approximate surface area is 197 Å². The number of carbonyl (C=O) groups is 2. The number of fused-ring (bicyclic) bond motifs is 2. The Hall–Kier alpha value is -2.04. The fourth-order valence-corrected chi connectivity index (χ4v) is 7.39. The van der Waals surface area contributed by atoms with Crippen LogP contribution in [0.15, 0.2) is 24.3 Å². The van der Waals surface area contributed by atoms with Gasteiger partial charge in [-0.1, -0.05) is 0 Å². The van der Waals surface area contributed by atoms with Crippen molar-refractivity contribution in [3.63, 3.8) is 0 Å². The molecular formula is C28H38N2O3. The van der Waals surface area contributed by atoms with Crippen LogP contribution >= 0.6 is 0 Å². The van der Waals surface area contributed by atoms with Gasteiger partial charge in [-0.15, -0.1) is 0 Å². The molecule has 3 bridgehead atoms. The van der Waals surface area contributed by atoms with Gasteiger partial charge in [-0.25, -0.2) is 0 Å². The number of benzene rings is 1. The minimum absolute atomic E-state index is 0.0692. The summed E-state index contributed by atoms with van der Waals surface area (Å²) in [7, 11) is 0. The Morgan fingerprint density at radius 1 is 0.758 bits per heavy atom. The quantitative estimate of drug-likeness (QED) is 0.651. The molecule has 0 spiro atoms. The molecule has 0 saturated heterocycles. The van der Waals surface area contributed by atoms with E-state index in [2.05, 4.69) is 10.6 Å². The average molecular weight is 451 g/mol. The van der Waals surface area contributed by atoms with Gasteiger partial charge in [0.05, 0.1) is 6.10 Å². The zero-order chi connectivity index (χ0) is 22.4. The van der Waals surface area contributed by atoms with Gasteiger partial charge in [-0.05, 0) is 125 Å². The minimum atomic E-state index is 0.0692. The molecule has 1 aromatic rings. The van der Waals surface area contributed by atoms with Gasteiger partial charge in [0, 0.05) is 23.6 Å². The smallest absolute Gasteiger partial charge is 0.251 e. The molecule has 0 radical (unpaired) electrons. The van der Waals surface area contributed by atoms with Crippen LogP contribution < -0.4 is 15.4 Å². The summed E-state index contributed by atoms with van der Waals surface area (Å²) in [5.41, 5.74) is 0.734. The zero-order valence-electron chi connectivity index (χ0n) is 19.6. The highest BCUT2D eigenvalue weighted by atomic mass is 16.5. The van der Waals surface area contributed by atoms with E-state index in [1.54, 1.807) is 0 Å². The van der Waals surface area contributed by atoms with Gasteiger partial charge in [-0.3, -0.25) is 9.59 Å². The summed E-state index contributed by atoms with van der Waals surface area (Å²) in [4.78, 5) is 25.0. The average Bonchev–Trinajstić information content (AvgIpc) is 3.63. The molecule has 5 heteroatoms. The van der Waals surface area contributed by atoms with Crippen molar-refractivity contribution < 1.29 is 14.3 Å². The first-order valence-corrected chi connectivity index (χ1v) is 13.5. The van der Waals surface area contributed by atoms with Crippen LogP contribution in [-0.2, 0) is 4.79 Å². The predicted molar refractivity (Wildman–Crippen MR) is 127 cm³/mol. The molecule has 33 heavy (non-hydrogen) atoms. The van der Waals surface area contributed by atoms with Gasteiger partial charge in [0.2, 0.25) is 5.91 Å². The second-order valence-electron chi connectivity index (χ2n) is 11.7. The van der Waals surface area contributed by atoms with E-state index in [-0.39, 0.29) is 23.8 Å². The van der Waals surface area contributed by atoms with Crippen LogP contribution in [0.4, 0.5) is 0 Å². The molecular weight excluding hydrogens is 412 g/mol. The molecule has 0 aromatic heterocycles. The van der Waals surface area contributed by atoms with Gasteiger partial charge < -0.3 is 15.4 Å². The SMILES string of the molecule is O=C(NC1CCC2CC3CC(C2)C1C3)c1ccc(OC2CCC(NC(=O)C3CC3)CC2)cc1. The van der Waals surface area contributed by atoms with Crippen molar-refractivity contribution in [3.05, 3.63) is 29.8 Å².